The van der Waals surface area contributed by atoms with Gasteiger partial charge in [-0.2, -0.15) is 0 Å². The quantitative estimate of drug-likeness (QED) is 0.530. The van der Waals surface area contributed by atoms with Crippen molar-refractivity contribution in [3.05, 3.63) is 94.5 Å². The zero-order valence-corrected chi connectivity index (χ0v) is 21.0. The van der Waals surface area contributed by atoms with Gasteiger partial charge in [-0.1, -0.05) is 42.5 Å². The third-order valence-electron chi connectivity index (χ3n) is 6.82. The van der Waals surface area contributed by atoms with E-state index < -0.39 is 11.8 Å². The van der Waals surface area contributed by atoms with Gasteiger partial charge in [-0.25, -0.2) is 0 Å². The molecule has 0 saturated heterocycles. The Labute approximate surface area is 207 Å². The SMILES string of the molecule is Cc1ccc(NC(=O)C(=O)NCC(c2ccc(N(C)C)cc2)N2CCc3ccccc3C2)cc1C. The van der Waals surface area contributed by atoms with Gasteiger partial charge >= 0.3 is 11.8 Å². The summed E-state index contributed by atoms with van der Waals surface area (Å²) < 4.78 is 0. The lowest BCUT2D eigenvalue weighted by Crippen LogP contribution is -2.43. The van der Waals surface area contributed by atoms with Gasteiger partial charge in [-0.05, 0) is 72.4 Å². The molecule has 35 heavy (non-hydrogen) atoms. The number of nitrogens with one attached hydrogen (secondary N) is 2. The number of aryl methyl sites for hydroxylation is 2. The number of carbonyl (C=O) groups is 2. The first-order valence-electron chi connectivity index (χ1n) is 12.1. The molecular weight excluding hydrogens is 436 g/mol. The fourth-order valence-corrected chi connectivity index (χ4v) is 4.51. The van der Waals surface area contributed by atoms with E-state index in [4.69, 9.17) is 0 Å². The average Bonchev–Trinajstić information content (AvgIpc) is 2.86. The van der Waals surface area contributed by atoms with Crippen LogP contribution in [0.25, 0.3) is 0 Å². The summed E-state index contributed by atoms with van der Waals surface area (Å²) in [6, 6.07) is 22.5. The van der Waals surface area contributed by atoms with Gasteiger partial charge < -0.3 is 15.5 Å². The van der Waals surface area contributed by atoms with Crippen LogP contribution >= 0.6 is 0 Å². The van der Waals surface area contributed by atoms with E-state index in [1.807, 2.05) is 46.1 Å². The smallest absolute Gasteiger partial charge is 0.313 e. The van der Waals surface area contributed by atoms with Crippen molar-refractivity contribution in [2.75, 3.05) is 37.4 Å². The zero-order chi connectivity index (χ0) is 24.9. The number of nitrogens with zero attached hydrogens (tertiary/aromatic N) is 2. The molecule has 1 atom stereocenters. The minimum atomic E-state index is -0.654. The summed E-state index contributed by atoms with van der Waals surface area (Å²) in [4.78, 5) is 29.7. The summed E-state index contributed by atoms with van der Waals surface area (Å²) in [5, 5.41) is 5.60. The maximum absolute atomic E-state index is 12.7. The van der Waals surface area contributed by atoms with E-state index >= 15 is 0 Å². The predicted octanol–water partition coefficient (Wildman–Crippen LogP) is 4.22. The number of amides is 2. The summed E-state index contributed by atoms with van der Waals surface area (Å²) in [5.41, 5.74) is 7.75. The van der Waals surface area contributed by atoms with Crippen LogP contribution in [0.5, 0.6) is 0 Å². The highest BCUT2D eigenvalue weighted by atomic mass is 16.2. The van der Waals surface area contributed by atoms with Crippen molar-refractivity contribution >= 4 is 23.2 Å². The first-order chi connectivity index (χ1) is 16.8. The Kier molecular flexibility index (Phi) is 7.51. The van der Waals surface area contributed by atoms with Gasteiger partial charge in [0.1, 0.15) is 0 Å². The molecule has 1 aliphatic heterocycles. The minimum absolute atomic E-state index is 0.0436. The monoisotopic (exact) mass is 470 g/mol. The third-order valence-corrected chi connectivity index (χ3v) is 6.82. The molecule has 0 radical (unpaired) electrons. The molecule has 1 aliphatic rings. The van der Waals surface area contributed by atoms with Gasteiger partial charge in [-0.3, -0.25) is 14.5 Å². The normalized spacial score (nSPS) is 14.1. The molecule has 1 unspecified atom stereocenters. The molecule has 0 fully saturated rings. The lowest BCUT2D eigenvalue weighted by molar-refractivity contribution is -0.136. The Hall–Kier alpha value is -3.64. The maximum atomic E-state index is 12.7. The van der Waals surface area contributed by atoms with Crippen LogP contribution in [0.15, 0.2) is 66.7 Å². The molecule has 0 spiro atoms. The second-order valence-corrected chi connectivity index (χ2v) is 9.45. The van der Waals surface area contributed by atoms with E-state index in [-0.39, 0.29) is 6.04 Å². The molecule has 3 aromatic rings. The molecule has 0 bridgehead atoms. The van der Waals surface area contributed by atoms with Crippen LogP contribution in [0.1, 0.15) is 33.9 Å². The van der Waals surface area contributed by atoms with E-state index in [2.05, 4.69) is 69.0 Å². The first kappa shape index (κ1) is 24.5. The Balaban J connectivity index is 1.48. The molecule has 0 aliphatic carbocycles. The van der Waals surface area contributed by atoms with Crippen LogP contribution in [0.3, 0.4) is 0 Å². The zero-order valence-electron chi connectivity index (χ0n) is 21.0. The molecule has 4 rings (SSSR count). The predicted molar refractivity (Wildman–Crippen MR) is 142 cm³/mol. The first-order valence-corrected chi connectivity index (χ1v) is 12.1. The van der Waals surface area contributed by atoms with Crippen molar-refractivity contribution in [3.8, 4) is 0 Å². The van der Waals surface area contributed by atoms with Crippen molar-refractivity contribution in [2.45, 2.75) is 32.9 Å². The number of hydrogen-bond acceptors (Lipinski definition) is 4. The molecule has 2 N–H and O–H groups in total. The van der Waals surface area contributed by atoms with Gasteiger partial charge in [0.15, 0.2) is 0 Å². The van der Waals surface area contributed by atoms with Crippen molar-refractivity contribution in [1.82, 2.24) is 10.2 Å². The summed E-state index contributed by atoms with van der Waals surface area (Å²) in [5.74, 6) is -1.28. The molecular formula is C29H34N4O2. The summed E-state index contributed by atoms with van der Waals surface area (Å²) in [6.45, 7) is 6.04. The molecule has 182 valence electrons. The molecule has 0 saturated carbocycles. The van der Waals surface area contributed by atoms with Gasteiger partial charge in [0.25, 0.3) is 0 Å². The summed E-state index contributed by atoms with van der Waals surface area (Å²) >= 11 is 0. The fraction of sp³-hybridized carbons (Fsp3) is 0.310. The van der Waals surface area contributed by atoms with Gasteiger partial charge in [0.2, 0.25) is 0 Å². The van der Waals surface area contributed by atoms with E-state index in [1.54, 1.807) is 0 Å². The van der Waals surface area contributed by atoms with Crippen molar-refractivity contribution in [2.24, 2.45) is 0 Å². The molecule has 6 heteroatoms. The number of anilines is 2. The topological polar surface area (TPSA) is 64.7 Å². The van der Waals surface area contributed by atoms with E-state index in [0.717, 1.165) is 41.9 Å². The highest BCUT2D eigenvalue weighted by molar-refractivity contribution is 6.39. The second-order valence-electron chi connectivity index (χ2n) is 9.45. The van der Waals surface area contributed by atoms with E-state index in [9.17, 15) is 9.59 Å². The summed E-state index contributed by atoms with van der Waals surface area (Å²) in [7, 11) is 4.03. The number of rotatable bonds is 6. The van der Waals surface area contributed by atoms with Crippen molar-refractivity contribution < 1.29 is 9.59 Å². The number of carbonyl (C=O) groups excluding carboxylic acids is 2. The standard InChI is InChI=1S/C29H34N4O2/c1-20-9-12-25(17-21(20)2)31-29(35)28(34)30-18-27(23-10-13-26(14-11-23)32(3)4)33-16-15-22-7-5-6-8-24(22)19-33/h5-14,17,27H,15-16,18-19H2,1-4H3,(H,30,34)(H,31,35). The van der Waals surface area contributed by atoms with E-state index in [1.165, 1.54) is 11.1 Å². The van der Waals surface area contributed by atoms with E-state index in [0.29, 0.717) is 12.2 Å². The second kappa shape index (κ2) is 10.7. The minimum Gasteiger partial charge on any atom is -0.378 e. The molecule has 1 heterocycles. The highest BCUT2D eigenvalue weighted by Gasteiger charge is 2.26. The molecule has 6 nitrogen and oxygen atoms in total. The number of fused-ring (bicyclic) bond motifs is 1. The number of hydrogen-bond donors (Lipinski definition) is 2. The average molecular weight is 471 g/mol. The molecule has 0 aromatic heterocycles. The number of benzene rings is 3. The third kappa shape index (κ3) is 5.89. The summed E-state index contributed by atoms with van der Waals surface area (Å²) in [6.07, 6.45) is 0.962. The van der Waals surface area contributed by atoms with Gasteiger partial charge in [0.05, 0.1) is 6.04 Å². The van der Waals surface area contributed by atoms with Crippen LogP contribution in [-0.2, 0) is 22.6 Å². The largest absolute Gasteiger partial charge is 0.378 e. The lowest BCUT2D eigenvalue weighted by atomic mass is 9.96. The van der Waals surface area contributed by atoms with Crippen molar-refractivity contribution in [3.63, 3.8) is 0 Å². The lowest BCUT2D eigenvalue weighted by Gasteiger charge is -2.36. The van der Waals surface area contributed by atoms with Gasteiger partial charge in [-0.15, -0.1) is 0 Å². The van der Waals surface area contributed by atoms with Crippen LogP contribution in [0, 0.1) is 13.8 Å². The Morgan fingerprint density at radius 3 is 2.31 bits per heavy atom. The van der Waals surface area contributed by atoms with Crippen LogP contribution in [0.4, 0.5) is 11.4 Å². The Morgan fingerprint density at radius 1 is 0.914 bits per heavy atom. The Bertz CT molecular complexity index is 1200. The van der Waals surface area contributed by atoms with Crippen molar-refractivity contribution in [1.29, 1.82) is 0 Å². The maximum Gasteiger partial charge on any atom is 0.313 e. The van der Waals surface area contributed by atoms with Crippen LogP contribution < -0.4 is 15.5 Å². The fourth-order valence-electron chi connectivity index (χ4n) is 4.51. The van der Waals surface area contributed by atoms with Gasteiger partial charge in [0, 0.05) is 45.1 Å². The van der Waals surface area contributed by atoms with Crippen LogP contribution in [0.2, 0.25) is 0 Å². The molecule has 3 aromatic carbocycles. The Morgan fingerprint density at radius 2 is 1.63 bits per heavy atom. The highest BCUT2D eigenvalue weighted by Crippen LogP contribution is 2.28. The molecule has 2 amide bonds. The van der Waals surface area contributed by atoms with Crippen LogP contribution in [-0.4, -0.2) is 43.9 Å².